The molecule has 0 saturated carbocycles. The smallest absolute Gasteiger partial charge is 0.213 e. The number of nitrogens with zero attached hydrogens (tertiary/aromatic N) is 5. The van der Waals surface area contributed by atoms with Crippen molar-refractivity contribution in [3.63, 3.8) is 0 Å². The molecule has 4 rings (SSSR count). The summed E-state index contributed by atoms with van der Waals surface area (Å²) in [6, 6.07) is 4.80. The average Bonchev–Trinajstić information content (AvgIpc) is 3.56. The number of aliphatic imine (C=N–C) groups is 1. The highest BCUT2D eigenvalue weighted by Gasteiger charge is 2.30. The number of amides is 1. The Bertz CT molecular complexity index is 1380. The lowest BCUT2D eigenvalue weighted by Crippen LogP contribution is -2.27. The third-order valence-electron chi connectivity index (χ3n) is 6.25. The van der Waals surface area contributed by atoms with Crippen LogP contribution in [0.5, 0.6) is 5.75 Å². The molecular weight excluding hydrogens is 543 g/mol. The van der Waals surface area contributed by atoms with Gasteiger partial charge in [0.25, 0.3) is 0 Å². The second kappa shape index (κ2) is 15.9. The largest absolute Gasteiger partial charge is 0.492 e. The van der Waals surface area contributed by atoms with E-state index < -0.39 is 5.82 Å². The minimum Gasteiger partial charge on any atom is -0.492 e. The molecule has 9 nitrogen and oxygen atoms in total. The number of thiazole rings is 1. The molecule has 1 N–H and O–H groups in total. The van der Waals surface area contributed by atoms with Crippen LogP contribution in [-0.2, 0) is 22.4 Å². The molecule has 0 saturated heterocycles. The summed E-state index contributed by atoms with van der Waals surface area (Å²) in [5.74, 6) is -0.0210. The first kappa shape index (κ1) is 31.9. The molecule has 0 spiro atoms. The third-order valence-corrected chi connectivity index (χ3v) is 7.29. The van der Waals surface area contributed by atoms with Gasteiger partial charge in [-0.2, -0.15) is 5.10 Å². The Balaban J connectivity index is 0.00000226. The Morgan fingerprint density at radius 3 is 2.76 bits per heavy atom. The number of anilines is 1. The molecule has 1 aliphatic rings. The van der Waals surface area contributed by atoms with E-state index in [9.17, 15) is 4.79 Å². The summed E-state index contributed by atoms with van der Waals surface area (Å²) >= 11 is 1.34. The van der Waals surface area contributed by atoms with Gasteiger partial charge >= 0.3 is 0 Å². The minimum absolute atomic E-state index is 0.288. The van der Waals surface area contributed by atoms with Gasteiger partial charge in [0.2, 0.25) is 6.41 Å². The summed E-state index contributed by atoms with van der Waals surface area (Å²) in [6.45, 7) is 14.7. The molecule has 0 radical (unpaired) electrons. The average molecular weight is 583 g/mol. The highest BCUT2D eigenvalue weighted by molar-refractivity contribution is 7.19. The van der Waals surface area contributed by atoms with Crippen molar-refractivity contribution >= 4 is 35.2 Å². The number of fused-ring (bicyclic) bond motifs is 3. The Kier molecular flexibility index (Phi) is 12.4. The van der Waals surface area contributed by atoms with Gasteiger partial charge in [0, 0.05) is 43.1 Å². The molecule has 1 amide bonds. The van der Waals surface area contributed by atoms with Gasteiger partial charge in [-0.3, -0.25) is 9.79 Å². The zero-order valence-electron chi connectivity index (χ0n) is 24.4. The second-order valence-electron chi connectivity index (χ2n) is 8.87. The van der Waals surface area contributed by atoms with Crippen LogP contribution in [0.25, 0.3) is 21.8 Å². The number of halogens is 1. The van der Waals surface area contributed by atoms with Crippen molar-refractivity contribution in [2.24, 2.45) is 4.99 Å². The molecule has 0 aliphatic heterocycles. The van der Waals surface area contributed by atoms with Gasteiger partial charge in [0.05, 0.1) is 28.6 Å². The molecule has 1 aliphatic carbocycles. The van der Waals surface area contributed by atoms with Gasteiger partial charge in [-0.05, 0) is 52.6 Å². The van der Waals surface area contributed by atoms with Gasteiger partial charge in [0.15, 0.2) is 10.9 Å². The number of allylic oxidation sites excluding steroid dienone is 3. The number of benzene rings is 1. The molecule has 0 atom stereocenters. The molecule has 3 aromatic rings. The summed E-state index contributed by atoms with van der Waals surface area (Å²) in [5.41, 5.74) is 4.33. The topological polar surface area (TPSA) is 93.9 Å². The van der Waals surface area contributed by atoms with Gasteiger partial charge < -0.3 is 19.7 Å². The van der Waals surface area contributed by atoms with Crippen LogP contribution in [0.15, 0.2) is 41.5 Å². The predicted molar refractivity (Wildman–Crippen MR) is 165 cm³/mol. The highest BCUT2D eigenvalue weighted by Crippen LogP contribution is 2.43. The second-order valence-corrected chi connectivity index (χ2v) is 9.87. The number of ether oxygens (including phenoxy) is 2. The van der Waals surface area contributed by atoms with E-state index in [1.807, 2.05) is 46.9 Å². The number of hydrogen-bond acceptors (Lipinski definition) is 8. The number of rotatable bonds is 14. The lowest BCUT2D eigenvalue weighted by atomic mass is 9.95. The number of likely N-dealkylation sites (N-methyl/N-ethyl adjacent to an activating group) is 1. The Labute approximate surface area is 245 Å². The van der Waals surface area contributed by atoms with Gasteiger partial charge in [-0.25, -0.2) is 14.1 Å². The molecule has 11 heteroatoms. The minimum atomic E-state index is -0.463. The molecule has 2 heterocycles. The maximum Gasteiger partial charge on any atom is 0.213 e. The summed E-state index contributed by atoms with van der Waals surface area (Å²) in [7, 11) is 1.99. The number of nitrogens with one attached hydrogen (secondary N) is 1. The van der Waals surface area contributed by atoms with Crippen molar-refractivity contribution < 1.29 is 18.7 Å². The maximum absolute atomic E-state index is 15.6. The van der Waals surface area contributed by atoms with Gasteiger partial charge in [-0.1, -0.05) is 37.3 Å². The van der Waals surface area contributed by atoms with Crippen LogP contribution in [0, 0.1) is 5.82 Å². The van der Waals surface area contributed by atoms with Crippen molar-refractivity contribution in [1.29, 1.82) is 0 Å². The van der Waals surface area contributed by atoms with Crippen molar-refractivity contribution in [3.8, 4) is 22.0 Å². The van der Waals surface area contributed by atoms with Crippen molar-refractivity contribution in [1.82, 2.24) is 19.7 Å². The fourth-order valence-electron chi connectivity index (χ4n) is 4.39. The normalized spacial score (nSPS) is 12.5. The molecule has 1 aromatic carbocycles. The first-order valence-electron chi connectivity index (χ1n) is 13.8. The lowest BCUT2D eigenvalue weighted by Gasteiger charge is -2.17. The van der Waals surface area contributed by atoms with E-state index in [0.29, 0.717) is 62.2 Å². The third kappa shape index (κ3) is 7.75. The van der Waals surface area contributed by atoms with Crippen LogP contribution in [-0.4, -0.2) is 72.7 Å². The van der Waals surface area contributed by atoms with E-state index in [4.69, 9.17) is 14.6 Å². The van der Waals surface area contributed by atoms with Crippen LogP contribution < -0.4 is 10.1 Å². The molecule has 41 heavy (non-hydrogen) atoms. The number of aromatic nitrogens is 3. The Morgan fingerprint density at radius 2 is 2.07 bits per heavy atom. The molecule has 0 bridgehead atoms. The Hall–Kier alpha value is -3.67. The molecule has 220 valence electrons. The van der Waals surface area contributed by atoms with E-state index >= 15 is 4.39 Å². The van der Waals surface area contributed by atoms with Gasteiger partial charge in [0.1, 0.15) is 18.0 Å². The number of hydrogen-bond donors (Lipinski definition) is 1. The van der Waals surface area contributed by atoms with Crippen LogP contribution in [0.4, 0.5) is 9.52 Å². The fourth-order valence-corrected chi connectivity index (χ4v) is 5.42. The SMILES string of the molecule is C=N/C=C(\C=C/C)c1nn(-c2ccc(OCCN(C)CCOCC)cc2F)c2c1CCc1nc(NC=O)sc1-2.CC. The van der Waals surface area contributed by atoms with Crippen LogP contribution in [0.2, 0.25) is 0 Å². The van der Waals surface area contributed by atoms with Crippen molar-refractivity contribution in [2.45, 2.75) is 40.5 Å². The standard InChI is InChI=1S/C28H33FN6O3S.C2H6/c1-5-7-19(17-30-3)25-21-9-10-23-27(39-28(32-23)31-18-36)26(21)35(33-25)24-11-8-20(16-22(24)29)38-15-13-34(4)12-14-37-6-2;1-2/h5,7-8,11,16-18H,3,6,9-10,12-15H2,1-2,4H3,(H,31,32,36);1-2H3/b7-5-,19-17+;. The van der Waals surface area contributed by atoms with Gasteiger partial charge in [-0.15, -0.1) is 0 Å². The zero-order valence-corrected chi connectivity index (χ0v) is 25.3. The fraction of sp³-hybridized carbons (Fsp3) is 0.400. The molecular formula is C30H39FN6O3S. The first-order chi connectivity index (χ1) is 20.0. The van der Waals surface area contributed by atoms with Crippen molar-refractivity contribution in [2.75, 3.05) is 45.3 Å². The van der Waals surface area contributed by atoms with Crippen LogP contribution in [0.3, 0.4) is 0 Å². The number of carbonyl (C=O) groups excluding carboxylic acids is 1. The molecule has 0 fully saturated rings. The van der Waals surface area contributed by atoms with E-state index in [1.165, 1.54) is 17.4 Å². The van der Waals surface area contributed by atoms with Crippen LogP contribution in [0.1, 0.15) is 44.6 Å². The van der Waals surface area contributed by atoms with E-state index in [0.717, 1.165) is 33.9 Å². The zero-order chi connectivity index (χ0) is 29.8. The quantitative estimate of drug-likeness (QED) is 0.112. The summed E-state index contributed by atoms with van der Waals surface area (Å²) in [4.78, 5) is 22.5. The Morgan fingerprint density at radius 1 is 1.29 bits per heavy atom. The van der Waals surface area contributed by atoms with E-state index in [1.54, 1.807) is 23.0 Å². The first-order valence-corrected chi connectivity index (χ1v) is 14.6. The predicted octanol–water partition coefficient (Wildman–Crippen LogP) is 5.79. The maximum atomic E-state index is 15.6. The summed E-state index contributed by atoms with van der Waals surface area (Å²) in [6.07, 6.45) is 7.39. The van der Waals surface area contributed by atoms with Crippen molar-refractivity contribution in [3.05, 3.63) is 59.3 Å². The number of aryl methyl sites for hydroxylation is 1. The lowest BCUT2D eigenvalue weighted by molar-refractivity contribution is -0.105. The van der Waals surface area contributed by atoms with E-state index in [-0.39, 0.29) is 5.69 Å². The molecule has 2 aromatic heterocycles. The van der Waals surface area contributed by atoms with E-state index in [2.05, 4.69) is 26.9 Å². The highest BCUT2D eigenvalue weighted by atomic mass is 32.1. The molecule has 0 unspecified atom stereocenters. The summed E-state index contributed by atoms with van der Waals surface area (Å²) in [5, 5.41) is 7.99. The summed E-state index contributed by atoms with van der Waals surface area (Å²) < 4.78 is 28.4. The van der Waals surface area contributed by atoms with Crippen LogP contribution >= 0.6 is 11.3 Å². The monoisotopic (exact) mass is 582 g/mol. The number of carbonyl (C=O) groups is 1.